The van der Waals surface area contributed by atoms with Crippen molar-refractivity contribution in [3.63, 3.8) is 0 Å². The molecular weight excluding hydrogens is 284 g/mol. The van der Waals surface area contributed by atoms with Crippen LogP contribution in [0.1, 0.15) is 39.7 Å². The second-order valence-corrected chi connectivity index (χ2v) is 7.13. The zero-order chi connectivity index (χ0) is 15.5. The van der Waals surface area contributed by atoms with Gasteiger partial charge in [0, 0.05) is 35.9 Å². The molecule has 1 aromatic rings. The fourth-order valence-corrected chi connectivity index (χ4v) is 2.68. The molecule has 0 saturated carbocycles. The van der Waals surface area contributed by atoms with Gasteiger partial charge in [-0.25, -0.2) is 0 Å². The highest BCUT2D eigenvalue weighted by Gasteiger charge is 2.20. The van der Waals surface area contributed by atoms with Crippen molar-refractivity contribution in [2.45, 2.75) is 52.3 Å². The third kappa shape index (κ3) is 4.87. The molecule has 0 spiro atoms. The van der Waals surface area contributed by atoms with Crippen LogP contribution in [-0.2, 0) is 11.3 Å². The Morgan fingerprint density at radius 2 is 2.14 bits per heavy atom. The van der Waals surface area contributed by atoms with Gasteiger partial charge in [0.2, 0.25) is 0 Å². The van der Waals surface area contributed by atoms with E-state index in [2.05, 4.69) is 56.1 Å². The quantitative estimate of drug-likeness (QED) is 0.914. The summed E-state index contributed by atoms with van der Waals surface area (Å²) in [5.74, 6) is 0. The summed E-state index contributed by atoms with van der Waals surface area (Å²) in [7, 11) is 0. The van der Waals surface area contributed by atoms with Gasteiger partial charge < -0.3 is 15.0 Å². The van der Waals surface area contributed by atoms with E-state index in [0.29, 0.717) is 6.10 Å². The molecule has 1 saturated heterocycles. The molecule has 0 radical (unpaired) electrons. The van der Waals surface area contributed by atoms with Crippen molar-refractivity contribution in [3.8, 4) is 0 Å². The van der Waals surface area contributed by atoms with E-state index >= 15 is 0 Å². The molecule has 1 fully saturated rings. The lowest BCUT2D eigenvalue weighted by atomic mass is 10.1. The predicted octanol–water partition coefficient (Wildman–Crippen LogP) is 3.84. The van der Waals surface area contributed by atoms with E-state index in [0.717, 1.165) is 43.2 Å². The number of rotatable bonds is 4. The molecule has 3 nitrogen and oxygen atoms in total. The van der Waals surface area contributed by atoms with Crippen LogP contribution < -0.4 is 10.2 Å². The number of halogens is 1. The van der Waals surface area contributed by atoms with E-state index in [-0.39, 0.29) is 5.54 Å². The summed E-state index contributed by atoms with van der Waals surface area (Å²) < 4.78 is 5.72. The van der Waals surface area contributed by atoms with Crippen molar-refractivity contribution < 1.29 is 4.74 Å². The standard InChI is InChI=1S/C17H27ClN2O/c1-5-15-12-20(8-9-21-15)14-7-6-13(16(18)10-14)11-19-17(2,3)4/h6-7,10,15,19H,5,8-9,11-12H2,1-4H3. The van der Waals surface area contributed by atoms with Crippen LogP contribution in [-0.4, -0.2) is 31.3 Å². The zero-order valence-corrected chi connectivity index (χ0v) is 14.3. The highest BCUT2D eigenvalue weighted by molar-refractivity contribution is 6.31. The molecule has 0 aliphatic carbocycles. The minimum Gasteiger partial charge on any atom is -0.375 e. The summed E-state index contributed by atoms with van der Waals surface area (Å²) in [6.45, 7) is 12.1. The van der Waals surface area contributed by atoms with Gasteiger partial charge in [-0.2, -0.15) is 0 Å². The van der Waals surface area contributed by atoms with Crippen molar-refractivity contribution in [2.75, 3.05) is 24.6 Å². The Morgan fingerprint density at radius 1 is 1.38 bits per heavy atom. The molecule has 1 aromatic carbocycles. The summed E-state index contributed by atoms with van der Waals surface area (Å²) in [6, 6.07) is 6.38. The molecule has 0 amide bonds. The van der Waals surface area contributed by atoms with E-state index in [1.54, 1.807) is 0 Å². The average Bonchev–Trinajstić information content (AvgIpc) is 2.45. The first-order valence-corrected chi connectivity index (χ1v) is 8.17. The first kappa shape index (κ1) is 16.6. The molecule has 1 atom stereocenters. The van der Waals surface area contributed by atoms with Gasteiger partial charge in [0.15, 0.2) is 0 Å². The highest BCUT2D eigenvalue weighted by Crippen LogP contribution is 2.26. The monoisotopic (exact) mass is 310 g/mol. The van der Waals surface area contributed by atoms with Crippen LogP contribution >= 0.6 is 11.6 Å². The lowest BCUT2D eigenvalue weighted by molar-refractivity contribution is 0.0384. The summed E-state index contributed by atoms with van der Waals surface area (Å²) in [5.41, 5.74) is 2.44. The SMILES string of the molecule is CCC1CN(c2ccc(CNC(C)(C)C)c(Cl)c2)CCO1. The number of hydrogen-bond donors (Lipinski definition) is 1. The average molecular weight is 311 g/mol. The van der Waals surface area contributed by atoms with Gasteiger partial charge in [0.05, 0.1) is 12.7 Å². The van der Waals surface area contributed by atoms with Gasteiger partial charge in [-0.1, -0.05) is 24.6 Å². The maximum absolute atomic E-state index is 6.45. The number of nitrogens with zero attached hydrogens (tertiary/aromatic N) is 1. The molecule has 1 heterocycles. The second-order valence-electron chi connectivity index (χ2n) is 6.73. The molecule has 118 valence electrons. The summed E-state index contributed by atoms with van der Waals surface area (Å²) >= 11 is 6.45. The van der Waals surface area contributed by atoms with E-state index in [4.69, 9.17) is 16.3 Å². The topological polar surface area (TPSA) is 24.5 Å². The molecule has 1 aliphatic rings. The lowest BCUT2D eigenvalue weighted by Crippen LogP contribution is -2.42. The summed E-state index contributed by atoms with van der Waals surface area (Å²) in [5, 5.41) is 4.31. The van der Waals surface area contributed by atoms with Crippen LogP contribution in [0.5, 0.6) is 0 Å². The third-order valence-electron chi connectivity index (χ3n) is 3.81. The number of nitrogens with one attached hydrogen (secondary N) is 1. The Morgan fingerprint density at radius 3 is 2.76 bits per heavy atom. The van der Waals surface area contributed by atoms with Gasteiger partial charge in [-0.05, 0) is 44.9 Å². The van der Waals surface area contributed by atoms with E-state index in [1.807, 2.05) is 0 Å². The third-order valence-corrected chi connectivity index (χ3v) is 4.16. The maximum Gasteiger partial charge on any atom is 0.0748 e. The molecular formula is C17H27ClN2O. The van der Waals surface area contributed by atoms with Gasteiger partial charge in [0.25, 0.3) is 0 Å². The van der Waals surface area contributed by atoms with Crippen LogP contribution in [0, 0.1) is 0 Å². The first-order chi connectivity index (χ1) is 9.89. The molecule has 1 unspecified atom stereocenters. The fraction of sp³-hybridized carbons (Fsp3) is 0.647. The lowest BCUT2D eigenvalue weighted by Gasteiger charge is -2.34. The molecule has 1 aliphatic heterocycles. The number of morpholine rings is 1. The summed E-state index contributed by atoms with van der Waals surface area (Å²) in [6.07, 6.45) is 1.39. The second kappa shape index (κ2) is 6.99. The number of anilines is 1. The van der Waals surface area contributed by atoms with Crippen LogP contribution in [0.25, 0.3) is 0 Å². The van der Waals surface area contributed by atoms with Crippen molar-refractivity contribution in [3.05, 3.63) is 28.8 Å². The molecule has 21 heavy (non-hydrogen) atoms. The number of hydrogen-bond acceptors (Lipinski definition) is 3. The first-order valence-electron chi connectivity index (χ1n) is 7.79. The van der Waals surface area contributed by atoms with Crippen LogP contribution in [0.3, 0.4) is 0 Å². The smallest absolute Gasteiger partial charge is 0.0748 e. The Kier molecular flexibility index (Phi) is 5.53. The minimum absolute atomic E-state index is 0.0978. The van der Waals surface area contributed by atoms with Gasteiger partial charge in [0.1, 0.15) is 0 Å². The molecule has 0 bridgehead atoms. The number of ether oxygens (including phenoxy) is 1. The molecule has 2 rings (SSSR count). The molecule has 0 aromatic heterocycles. The highest BCUT2D eigenvalue weighted by atomic mass is 35.5. The normalized spacial score (nSPS) is 19.9. The van der Waals surface area contributed by atoms with E-state index < -0.39 is 0 Å². The Bertz CT molecular complexity index is 470. The molecule has 1 N–H and O–H groups in total. The van der Waals surface area contributed by atoms with Gasteiger partial charge in [-0.3, -0.25) is 0 Å². The van der Waals surface area contributed by atoms with Crippen molar-refractivity contribution >= 4 is 17.3 Å². The maximum atomic E-state index is 6.45. The zero-order valence-electron chi connectivity index (χ0n) is 13.6. The van der Waals surface area contributed by atoms with Gasteiger partial charge in [-0.15, -0.1) is 0 Å². The summed E-state index contributed by atoms with van der Waals surface area (Å²) in [4.78, 5) is 2.37. The Labute approximate surface area is 133 Å². The Hall–Kier alpha value is -0.770. The van der Waals surface area contributed by atoms with Crippen molar-refractivity contribution in [2.24, 2.45) is 0 Å². The predicted molar refractivity (Wildman–Crippen MR) is 90.3 cm³/mol. The van der Waals surface area contributed by atoms with Crippen LogP contribution in [0.15, 0.2) is 18.2 Å². The fourth-order valence-electron chi connectivity index (χ4n) is 2.44. The van der Waals surface area contributed by atoms with E-state index in [1.165, 1.54) is 5.69 Å². The van der Waals surface area contributed by atoms with Crippen LogP contribution in [0.2, 0.25) is 5.02 Å². The van der Waals surface area contributed by atoms with Crippen LogP contribution in [0.4, 0.5) is 5.69 Å². The van der Waals surface area contributed by atoms with Crippen molar-refractivity contribution in [1.29, 1.82) is 0 Å². The molecule has 4 heteroatoms. The Balaban J connectivity index is 2.04. The van der Waals surface area contributed by atoms with Gasteiger partial charge >= 0.3 is 0 Å². The minimum atomic E-state index is 0.0978. The number of benzene rings is 1. The largest absolute Gasteiger partial charge is 0.375 e. The van der Waals surface area contributed by atoms with Crippen molar-refractivity contribution in [1.82, 2.24) is 5.32 Å². The van der Waals surface area contributed by atoms with E-state index in [9.17, 15) is 0 Å².